The molecule has 2 fully saturated rings. The number of nitrogens with one attached hydrogen (secondary N) is 1. The second kappa shape index (κ2) is 15.9. The van der Waals surface area contributed by atoms with Gasteiger partial charge in [-0.2, -0.15) is 0 Å². The third kappa shape index (κ3) is 9.57. The van der Waals surface area contributed by atoms with Crippen molar-refractivity contribution >= 4 is 5.97 Å². The minimum Gasteiger partial charge on any atom is -0.464 e. The van der Waals surface area contributed by atoms with Crippen molar-refractivity contribution in [1.29, 1.82) is 0 Å². The minimum absolute atomic E-state index is 0.0487. The van der Waals surface area contributed by atoms with Gasteiger partial charge >= 0.3 is 5.97 Å². The summed E-state index contributed by atoms with van der Waals surface area (Å²) in [5.74, 6) is -0.797. The molecule has 2 rings (SSSR count). The van der Waals surface area contributed by atoms with Gasteiger partial charge in [0.25, 0.3) is 0 Å². The highest BCUT2D eigenvalue weighted by molar-refractivity contribution is 5.76. The predicted molar refractivity (Wildman–Crippen MR) is 165 cm³/mol. The number of esters is 1. The van der Waals surface area contributed by atoms with E-state index in [9.17, 15) is 15.0 Å². The van der Waals surface area contributed by atoms with Crippen LogP contribution in [0.2, 0.25) is 0 Å². The third-order valence-electron chi connectivity index (χ3n) is 9.52. The zero-order chi connectivity index (χ0) is 32.0. The summed E-state index contributed by atoms with van der Waals surface area (Å²) in [6.07, 6.45) is -0.562. The van der Waals surface area contributed by atoms with Crippen molar-refractivity contribution in [3.8, 4) is 0 Å². The maximum atomic E-state index is 13.5. The van der Waals surface area contributed by atoms with E-state index in [1.165, 1.54) is 0 Å². The van der Waals surface area contributed by atoms with E-state index in [4.69, 9.17) is 18.9 Å². The van der Waals surface area contributed by atoms with E-state index in [1.54, 1.807) is 21.0 Å². The first kappa shape index (κ1) is 37.3. The summed E-state index contributed by atoms with van der Waals surface area (Å²) in [5.41, 5.74) is -2.05. The number of carbonyl (C=O) groups is 1. The Balaban J connectivity index is 2.44. The quantitative estimate of drug-likeness (QED) is 0.269. The number of rotatable bonds is 9. The lowest BCUT2D eigenvalue weighted by Crippen LogP contribution is -2.60. The fourth-order valence-corrected chi connectivity index (χ4v) is 6.80. The summed E-state index contributed by atoms with van der Waals surface area (Å²) in [6.45, 7) is 17.7. The number of ether oxygens (including phenoxy) is 4. The van der Waals surface area contributed by atoms with Crippen molar-refractivity contribution < 1.29 is 34.0 Å². The first-order valence-electron chi connectivity index (χ1n) is 15.9. The molecule has 0 saturated carbocycles. The number of carbonyl (C=O) groups excluding carboxylic acids is 1. The molecule has 1 unspecified atom stereocenters. The monoisotopic (exact) mass is 601 g/mol. The normalized spacial score (nSPS) is 39.4. The molecule has 10 atom stereocenters. The number of hydrogen-bond acceptors (Lipinski definition) is 10. The molecule has 3 N–H and O–H groups in total. The summed E-state index contributed by atoms with van der Waals surface area (Å²) in [7, 11) is 7.62. The second-order valence-corrected chi connectivity index (χ2v) is 14.4. The Labute approximate surface area is 255 Å². The van der Waals surface area contributed by atoms with Crippen LogP contribution in [-0.4, -0.2) is 128 Å². The Morgan fingerprint density at radius 1 is 1.17 bits per heavy atom. The highest BCUT2D eigenvalue weighted by Crippen LogP contribution is 2.40. The molecule has 0 aromatic carbocycles. The lowest BCUT2D eigenvalue weighted by Gasteiger charge is -2.48. The van der Waals surface area contributed by atoms with Gasteiger partial charge in [0.05, 0.1) is 29.3 Å². The molecule has 248 valence electrons. The topological polar surface area (TPSA) is 113 Å². The van der Waals surface area contributed by atoms with Gasteiger partial charge in [-0.15, -0.1) is 0 Å². The molecule has 2 aliphatic rings. The molecule has 0 aliphatic carbocycles. The molecule has 0 radical (unpaired) electrons. The molecule has 2 saturated heterocycles. The Kier molecular flexibility index (Phi) is 14.2. The zero-order valence-corrected chi connectivity index (χ0v) is 28.6. The van der Waals surface area contributed by atoms with E-state index in [0.29, 0.717) is 18.9 Å². The molecule has 2 aliphatic heterocycles. The third-order valence-corrected chi connectivity index (χ3v) is 9.52. The van der Waals surface area contributed by atoms with Gasteiger partial charge in [-0.25, -0.2) is 0 Å². The van der Waals surface area contributed by atoms with Crippen LogP contribution in [0, 0.1) is 17.3 Å². The van der Waals surface area contributed by atoms with Gasteiger partial charge in [0.2, 0.25) is 0 Å². The van der Waals surface area contributed by atoms with Crippen molar-refractivity contribution in [3.63, 3.8) is 0 Å². The summed E-state index contributed by atoms with van der Waals surface area (Å²) in [6, 6.07) is 0.325. The summed E-state index contributed by atoms with van der Waals surface area (Å²) in [4.78, 5) is 17.8. The average molecular weight is 602 g/mol. The van der Waals surface area contributed by atoms with Crippen molar-refractivity contribution in [2.75, 3.05) is 47.9 Å². The first-order chi connectivity index (χ1) is 19.4. The Hall–Kier alpha value is -0.850. The number of hydrogen-bond donors (Lipinski definition) is 3. The van der Waals surface area contributed by atoms with Gasteiger partial charge in [0, 0.05) is 37.7 Å². The SMILES string of the molecule is CO[C@]1(C)C[C@@H](C)CN(C)[C@@H](CCCNC(C)C)COC(=O)C(C)(C)C(O)[C@H](C)[C@H]1O[C@@H]1O[C@H](C)C[C@H](N(C)C)[C@H]1O. The highest BCUT2D eigenvalue weighted by Gasteiger charge is 2.51. The second-order valence-electron chi connectivity index (χ2n) is 14.4. The minimum atomic E-state index is -1.21. The molecule has 0 aromatic heterocycles. The van der Waals surface area contributed by atoms with Crippen molar-refractivity contribution in [3.05, 3.63) is 0 Å². The van der Waals surface area contributed by atoms with Crippen LogP contribution in [0.1, 0.15) is 81.1 Å². The Morgan fingerprint density at radius 2 is 1.81 bits per heavy atom. The molecule has 0 bridgehead atoms. The number of nitrogens with zero attached hydrogens (tertiary/aromatic N) is 2. The summed E-state index contributed by atoms with van der Waals surface area (Å²) in [5, 5.41) is 26.5. The number of aliphatic hydroxyl groups is 2. The fraction of sp³-hybridized carbons (Fsp3) is 0.969. The molecule has 42 heavy (non-hydrogen) atoms. The van der Waals surface area contributed by atoms with Crippen molar-refractivity contribution in [2.45, 2.75) is 136 Å². The van der Waals surface area contributed by atoms with Gasteiger partial charge in [-0.05, 0) is 87.0 Å². The predicted octanol–water partition coefficient (Wildman–Crippen LogP) is 2.89. The van der Waals surface area contributed by atoms with Crippen LogP contribution < -0.4 is 5.32 Å². The van der Waals surface area contributed by atoms with Crippen molar-refractivity contribution in [1.82, 2.24) is 15.1 Å². The smallest absolute Gasteiger partial charge is 0.314 e. The standard InChI is InChI=1S/C32H63N3O7/c1-20(2)33-15-13-14-24-19-40-30(38)31(6,7)27(37)23(5)28(32(8,39-12)17-21(3)18-35(24)11)42-29-26(36)25(34(9)10)16-22(4)41-29/h20-29,33,36-37H,13-19H2,1-12H3/t21-,22-,23+,24+,25+,26-,27?,28-,29+,32-/m1/s1. The largest absolute Gasteiger partial charge is 0.464 e. The number of likely N-dealkylation sites (N-methyl/N-ethyl adjacent to an activating group) is 2. The van der Waals surface area contributed by atoms with Crippen LogP contribution in [0.15, 0.2) is 0 Å². The summed E-state index contributed by atoms with van der Waals surface area (Å²) < 4.78 is 25.0. The van der Waals surface area contributed by atoms with Crippen LogP contribution in [0.5, 0.6) is 0 Å². The molecule has 0 amide bonds. The van der Waals surface area contributed by atoms with Gasteiger partial charge < -0.3 is 39.4 Å². The molecule has 0 aromatic rings. The lowest BCUT2D eigenvalue weighted by molar-refractivity contribution is -0.302. The maximum absolute atomic E-state index is 13.5. The van der Waals surface area contributed by atoms with Crippen LogP contribution in [0.4, 0.5) is 0 Å². The lowest BCUT2D eigenvalue weighted by atomic mass is 9.73. The van der Waals surface area contributed by atoms with E-state index in [1.807, 2.05) is 39.8 Å². The Morgan fingerprint density at radius 3 is 2.38 bits per heavy atom. The maximum Gasteiger partial charge on any atom is 0.314 e. The number of aliphatic hydroxyl groups excluding tert-OH is 2. The van der Waals surface area contributed by atoms with Gasteiger partial charge in [-0.1, -0.05) is 27.7 Å². The number of cyclic esters (lactones) is 1. The van der Waals surface area contributed by atoms with Gasteiger partial charge in [0.15, 0.2) is 6.29 Å². The van der Waals surface area contributed by atoms with E-state index in [-0.39, 0.29) is 30.7 Å². The first-order valence-corrected chi connectivity index (χ1v) is 15.9. The molecule has 10 nitrogen and oxygen atoms in total. The molecule has 0 spiro atoms. The molecular formula is C32H63N3O7. The molecule has 2 heterocycles. The van der Waals surface area contributed by atoms with E-state index >= 15 is 0 Å². The zero-order valence-electron chi connectivity index (χ0n) is 28.6. The van der Waals surface area contributed by atoms with Gasteiger partial charge in [-0.3, -0.25) is 9.69 Å². The molecule has 10 heteroatoms. The Bertz CT molecular complexity index is 828. The van der Waals surface area contributed by atoms with E-state index in [2.05, 4.69) is 38.0 Å². The van der Waals surface area contributed by atoms with Crippen molar-refractivity contribution in [2.24, 2.45) is 17.3 Å². The fourth-order valence-electron chi connectivity index (χ4n) is 6.80. The average Bonchev–Trinajstić information content (AvgIpc) is 2.90. The van der Waals surface area contributed by atoms with E-state index < -0.39 is 47.5 Å². The van der Waals surface area contributed by atoms with Crippen LogP contribution in [-0.2, 0) is 23.7 Å². The van der Waals surface area contributed by atoms with Crippen LogP contribution in [0.3, 0.4) is 0 Å². The van der Waals surface area contributed by atoms with Crippen LogP contribution >= 0.6 is 0 Å². The van der Waals surface area contributed by atoms with Crippen LogP contribution in [0.25, 0.3) is 0 Å². The highest BCUT2D eigenvalue weighted by atomic mass is 16.7. The number of methoxy groups -OCH3 is 1. The molecular weight excluding hydrogens is 538 g/mol. The van der Waals surface area contributed by atoms with E-state index in [0.717, 1.165) is 25.9 Å². The van der Waals surface area contributed by atoms with Gasteiger partial charge in [0.1, 0.15) is 12.7 Å². The summed E-state index contributed by atoms with van der Waals surface area (Å²) >= 11 is 0.